The first-order valence-electron chi connectivity index (χ1n) is 14.8. The number of hydrogen-bond donors (Lipinski definition) is 2. The van der Waals surface area contributed by atoms with Crippen molar-refractivity contribution in [2.75, 3.05) is 51.0 Å². The van der Waals surface area contributed by atoms with Crippen molar-refractivity contribution in [3.63, 3.8) is 0 Å². The van der Waals surface area contributed by atoms with Gasteiger partial charge in [-0.1, -0.05) is 0 Å². The van der Waals surface area contributed by atoms with Crippen molar-refractivity contribution < 1.29 is 19.0 Å². The van der Waals surface area contributed by atoms with Crippen LogP contribution in [0, 0.1) is 20.8 Å². The standard InChI is InChI=1S/C31H44N4O5/c1-5-35(23-6-10-38-11-7-23)29-18-26(40-25-15-24(16-25)34-8-12-39-13-9-34)17-27(22(29)4)30(36)32-19-28-20(2)14-21(3)33-31(28)37/h14,17-18,23-25H,5-13,15-16,19H2,1-4H3,(H,32,36)(H,33,37). The summed E-state index contributed by atoms with van der Waals surface area (Å²) >= 11 is 0. The molecule has 1 saturated carbocycles. The first-order chi connectivity index (χ1) is 19.3. The minimum atomic E-state index is -0.202. The summed E-state index contributed by atoms with van der Waals surface area (Å²) in [5.41, 5.74) is 4.63. The molecule has 218 valence electrons. The number of nitrogens with zero attached hydrogens (tertiary/aromatic N) is 2. The Hall–Kier alpha value is -2.88. The molecular formula is C31H44N4O5. The van der Waals surface area contributed by atoms with E-state index >= 15 is 0 Å². The van der Waals surface area contributed by atoms with Crippen LogP contribution in [0.2, 0.25) is 0 Å². The molecule has 0 unspecified atom stereocenters. The van der Waals surface area contributed by atoms with E-state index in [2.05, 4.69) is 33.1 Å². The van der Waals surface area contributed by atoms with Crippen LogP contribution in [0.3, 0.4) is 0 Å². The number of pyridine rings is 1. The third-order valence-corrected chi connectivity index (χ3v) is 8.73. The summed E-state index contributed by atoms with van der Waals surface area (Å²) in [6, 6.07) is 6.80. The number of ether oxygens (including phenoxy) is 3. The number of aromatic nitrogens is 1. The summed E-state index contributed by atoms with van der Waals surface area (Å²) in [5.74, 6) is 0.525. The maximum Gasteiger partial charge on any atom is 0.253 e. The Morgan fingerprint density at radius 1 is 1.07 bits per heavy atom. The van der Waals surface area contributed by atoms with Crippen molar-refractivity contribution >= 4 is 11.6 Å². The Morgan fingerprint density at radius 3 is 2.45 bits per heavy atom. The van der Waals surface area contributed by atoms with Crippen LogP contribution < -0.4 is 20.5 Å². The number of aryl methyl sites for hydroxylation is 2. The number of benzene rings is 1. The van der Waals surface area contributed by atoms with E-state index < -0.39 is 0 Å². The molecule has 0 radical (unpaired) electrons. The van der Waals surface area contributed by atoms with E-state index in [4.69, 9.17) is 14.2 Å². The number of hydrogen-bond acceptors (Lipinski definition) is 7. The molecule has 1 aromatic carbocycles. The summed E-state index contributed by atoms with van der Waals surface area (Å²) in [5, 5.41) is 3.01. The molecule has 3 heterocycles. The van der Waals surface area contributed by atoms with Gasteiger partial charge >= 0.3 is 0 Å². The fourth-order valence-electron chi connectivity index (χ4n) is 6.33. The lowest BCUT2D eigenvalue weighted by Gasteiger charge is -2.44. The Morgan fingerprint density at radius 2 is 1.77 bits per heavy atom. The summed E-state index contributed by atoms with van der Waals surface area (Å²) in [4.78, 5) is 33.9. The molecule has 9 nitrogen and oxygen atoms in total. The Balaban J connectivity index is 1.37. The van der Waals surface area contributed by atoms with Gasteiger partial charge in [0.1, 0.15) is 11.9 Å². The number of carbonyl (C=O) groups is 1. The molecule has 0 bridgehead atoms. The lowest BCUT2D eigenvalue weighted by molar-refractivity contribution is -0.0373. The molecule has 2 saturated heterocycles. The number of amides is 1. The molecule has 3 fully saturated rings. The third kappa shape index (κ3) is 6.37. The number of nitrogens with one attached hydrogen (secondary N) is 2. The van der Waals surface area contributed by atoms with Crippen LogP contribution in [-0.2, 0) is 16.0 Å². The van der Waals surface area contributed by atoms with Gasteiger partial charge in [0, 0.05) is 92.9 Å². The molecule has 3 aliphatic rings. The van der Waals surface area contributed by atoms with E-state index in [0.29, 0.717) is 23.2 Å². The number of H-pyrrole nitrogens is 1. The van der Waals surface area contributed by atoms with E-state index in [1.165, 1.54) is 0 Å². The van der Waals surface area contributed by atoms with Crippen molar-refractivity contribution in [2.45, 2.75) is 78.1 Å². The maximum absolute atomic E-state index is 13.6. The Bertz CT molecular complexity index is 1240. The first-order valence-corrected chi connectivity index (χ1v) is 14.8. The topological polar surface area (TPSA) is 96.1 Å². The normalized spacial score (nSPS) is 22.0. The predicted molar refractivity (Wildman–Crippen MR) is 156 cm³/mol. The molecule has 0 atom stereocenters. The number of carbonyl (C=O) groups excluding carboxylic acids is 1. The van der Waals surface area contributed by atoms with Gasteiger partial charge in [-0.25, -0.2) is 0 Å². The van der Waals surface area contributed by atoms with Crippen molar-refractivity contribution in [3.05, 3.63) is 56.5 Å². The molecule has 0 spiro atoms. The highest BCUT2D eigenvalue weighted by Crippen LogP contribution is 2.36. The average molecular weight is 553 g/mol. The van der Waals surface area contributed by atoms with Crippen molar-refractivity contribution in [1.29, 1.82) is 0 Å². The van der Waals surface area contributed by atoms with Crippen LogP contribution in [0.4, 0.5) is 5.69 Å². The van der Waals surface area contributed by atoms with Gasteiger partial charge in [-0.2, -0.15) is 0 Å². The largest absolute Gasteiger partial charge is 0.490 e. The van der Waals surface area contributed by atoms with Gasteiger partial charge in [0.25, 0.3) is 11.5 Å². The highest BCUT2D eigenvalue weighted by atomic mass is 16.5. The third-order valence-electron chi connectivity index (χ3n) is 8.73. The van der Waals surface area contributed by atoms with Gasteiger partial charge in [-0.05, 0) is 63.8 Å². The van der Waals surface area contributed by atoms with Gasteiger partial charge in [0.05, 0.1) is 13.2 Å². The lowest BCUT2D eigenvalue weighted by Crippen LogP contribution is -2.52. The maximum atomic E-state index is 13.6. The van der Waals surface area contributed by atoms with Crippen LogP contribution in [0.15, 0.2) is 23.0 Å². The molecule has 1 aromatic heterocycles. The Kier molecular flexibility index (Phi) is 9.13. The number of aromatic amines is 1. The molecule has 9 heteroatoms. The zero-order valence-corrected chi connectivity index (χ0v) is 24.4. The molecule has 2 aliphatic heterocycles. The van der Waals surface area contributed by atoms with Gasteiger partial charge in [0.2, 0.25) is 0 Å². The summed E-state index contributed by atoms with van der Waals surface area (Å²) < 4.78 is 17.6. The van der Waals surface area contributed by atoms with E-state index in [1.807, 2.05) is 32.9 Å². The molecule has 40 heavy (non-hydrogen) atoms. The van der Waals surface area contributed by atoms with Crippen LogP contribution in [0.1, 0.15) is 65.3 Å². The number of rotatable bonds is 9. The molecule has 2 aromatic rings. The lowest BCUT2D eigenvalue weighted by atomic mass is 9.87. The smallest absolute Gasteiger partial charge is 0.253 e. The van der Waals surface area contributed by atoms with E-state index in [1.54, 1.807) is 0 Å². The quantitative estimate of drug-likeness (QED) is 0.492. The van der Waals surface area contributed by atoms with Crippen molar-refractivity contribution in [3.8, 4) is 5.75 Å². The fraction of sp³-hybridized carbons (Fsp3) is 0.613. The molecule has 5 rings (SSSR count). The highest BCUT2D eigenvalue weighted by Gasteiger charge is 2.36. The summed E-state index contributed by atoms with van der Waals surface area (Å²) in [6.45, 7) is 14.0. The second kappa shape index (κ2) is 12.7. The number of anilines is 1. The van der Waals surface area contributed by atoms with Crippen LogP contribution in [0.25, 0.3) is 0 Å². The zero-order valence-electron chi connectivity index (χ0n) is 24.4. The highest BCUT2D eigenvalue weighted by molar-refractivity contribution is 5.97. The number of morpholine rings is 1. The fourth-order valence-corrected chi connectivity index (χ4v) is 6.33. The minimum Gasteiger partial charge on any atom is -0.490 e. The van der Waals surface area contributed by atoms with Crippen molar-refractivity contribution in [1.82, 2.24) is 15.2 Å². The van der Waals surface area contributed by atoms with E-state index in [0.717, 1.165) is 100 Å². The minimum absolute atomic E-state index is 0.131. The SMILES string of the molecule is CCN(c1cc(OC2CC(N3CCOCC3)C2)cc(C(=O)NCc2c(C)cc(C)[nH]c2=O)c1C)C1CCOCC1. The van der Waals surface area contributed by atoms with Crippen LogP contribution in [-0.4, -0.2) is 80.0 Å². The van der Waals surface area contributed by atoms with E-state index in [-0.39, 0.29) is 24.1 Å². The summed E-state index contributed by atoms with van der Waals surface area (Å²) in [6.07, 6.45) is 4.01. The second-order valence-electron chi connectivity index (χ2n) is 11.4. The van der Waals surface area contributed by atoms with Gasteiger partial charge < -0.3 is 29.4 Å². The zero-order chi connectivity index (χ0) is 28.2. The van der Waals surface area contributed by atoms with E-state index in [9.17, 15) is 9.59 Å². The Labute approximate surface area is 237 Å². The average Bonchev–Trinajstić information content (AvgIpc) is 2.92. The first kappa shape index (κ1) is 28.6. The summed E-state index contributed by atoms with van der Waals surface area (Å²) in [7, 11) is 0. The monoisotopic (exact) mass is 552 g/mol. The predicted octanol–water partition coefficient (Wildman–Crippen LogP) is 3.48. The van der Waals surface area contributed by atoms with Gasteiger partial charge in [-0.15, -0.1) is 0 Å². The second-order valence-corrected chi connectivity index (χ2v) is 11.4. The molecule has 1 amide bonds. The molecular weight excluding hydrogens is 508 g/mol. The molecule has 2 N–H and O–H groups in total. The van der Waals surface area contributed by atoms with Gasteiger partial charge in [-0.3, -0.25) is 14.5 Å². The van der Waals surface area contributed by atoms with Crippen molar-refractivity contribution in [2.24, 2.45) is 0 Å². The van der Waals surface area contributed by atoms with Crippen LogP contribution >= 0.6 is 0 Å². The molecule has 1 aliphatic carbocycles. The van der Waals surface area contributed by atoms with Crippen LogP contribution in [0.5, 0.6) is 5.75 Å². The van der Waals surface area contributed by atoms with Gasteiger partial charge in [0.15, 0.2) is 0 Å².